The maximum absolute atomic E-state index is 7.10. The van der Waals surface area contributed by atoms with Crippen LogP contribution in [0, 0.1) is 5.92 Å². The van der Waals surface area contributed by atoms with Gasteiger partial charge in [0.1, 0.15) is 0 Å². The highest BCUT2D eigenvalue weighted by molar-refractivity contribution is 4.59. The molecule has 0 heterocycles. The Hall–Kier alpha value is 0. The maximum atomic E-state index is 7.10. The lowest BCUT2D eigenvalue weighted by Crippen LogP contribution is -1.99. The fourth-order valence-corrected chi connectivity index (χ4v) is 1.19. The Morgan fingerprint density at radius 1 is 1.29 bits per heavy atom. The molecule has 0 atom stereocenters. The van der Waals surface area contributed by atoms with Gasteiger partial charge in [0, 0.05) is 1.37 Å². The smallest absolute Gasteiger partial charge is 0.0233 e. The van der Waals surface area contributed by atoms with Crippen molar-refractivity contribution in [1.29, 1.82) is 0 Å². The highest BCUT2D eigenvalue weighted by Crippen LogP contribution is 2.21. The summed E-state index contributed by atoms with van der Waals surface area (Å²) in [6.07, 6.45) is 6.82. The lowest BCUT2D eigenvalue weighted by molar-refractivity contribution is 0.385. The van der Waals surface area contributed by atoms with Crippen LogP contribution >= 0.6 is 0 Å². The van der Waals surface area contributed by atoms with Gasteiger partial charge < -0.3 is 0 Å². The molecule has 42 valence electrons. The van der Waals surface area contributed by atoms with Crippen LogP contribution in [0.3, 0.4) is 0 Å². The van der Waals surface area contributed by atoms with E-state index in [9.17, 15) is 0 Å². The predicted octanol–water partition coefficient (Wildman–Crippen LogP) is 2.59. The zero-order valence-electron chi connectivity index (χ0n) is 5.82. The third kappa shape index (κ3) is 1.50. The van der Waals surface area contributed by atoms with Gasteiger partial charge >= 0.3 is 0 Å². The van der Waals surface area contributed by atoms with Gasteiger partial charge in [-0.1, -0.05) is 39.0 Å². The summed E-state index contributed by atoms with van der Waals surface area (Å²) in [4.78, 5) is 0. The number of rotatable bonds is 0. The van der Waals surface area contributed by atoms with Gasteiger partial charge in [0.25, 0.3) is 0 Å². The first kappa shape index (κ1) is 3.94. The Morgan fingerprint density at radius 2 is 2.00 bits per heavy atom. The molecule has 0 nitrogen and oxygen atoms in total. The van der Waals surface area contributed by atoms with Crippen molar-refractivity contribution in [1.82, 2.24) is 0 Å². The number of hydrogen-bond acceptors (Lipinski definition) is 0. The van der Waals surface area contributed by atoms with E-state index >= 15 is 0 Å². The van der Waals surface area contributed by atoms with Crippen molar-refractivity contribution in [2.24, 2.45) is 5.92 Å². The van der Waals surface area contributed by atoms with Gasteiger partial charge in [-0.25, -0.2) is 0 Å². The lowest BCUT2D eigenvalue weighted by atomic mass is 9.91. The van der Waals surface area contributed by atoms with Crippen molar-refractivity contribution < 1.29 is 1.37 Å². The minimum Gasteiger partial charge on any atom is -0.0625 e. The first-order valence-corrected chi connectivity index (χ1v) is 3.22. The molecule has 0 bridgehead atoms. The van der Waals surface area contributed by atoms with Crippen LogP contribution in [0.1, 0.15) is 40.4 Å². The Morgan fingerprint density at radius 3 is 2.43 bits per heavy atom. The molecule has 0 aromatic carbocycles. The van der Waals surface area contributed by atoms with Crippen LogP contribution in [0.4, 0.5) is 0 Å². The van der Waals surface area contributed by atoms with E-state index in [0.717, 1.165) is 5.92 Å². The fourth-order valence-electron chi connectivity index (χ4n) is 1.19. The molecule has 0 N–H and O–H groups in total. The van der Waals surface area contributed by atoms with Crippen LogP contribution < -0.4 is 0 Å². The van der Waals surface area contributed by atoms with Gasteiger partial charge in [-0.05, 0) is 5.92 Å². The molecular formula is C7H14. The van der Waals surface area contributed by atoms with Gasteiger partial charge in [0.15, 0.2) is 0 Å². The van der Waals surface area contributed by atoms with Crippen molar-refractivity contribution in [3.05, 3.63) is 0 Å². The summed E-state index contributed by atoms with van der Waals surface area (Å²) in [6, 6.07) is 0. The highest BCUT2D eigenvalue weighted by Gasteiger charge is 2.05. The normalized spacial score (nSPS) is 27.1. The van der Waals surface area contributed by atoms with Gasteiger partial charge in [-0.3, -0.25) is 0 Å². The van der Waals surface area contributed by atoms with Crippen LogP contribution in [0.2, 0.25) is 0 Å². The van der Waals surface area contributed by atoms with Gasteiger partial charge in [0.05, 0.1) is 0 Å². The first-order chi connectivity index (χ1) is 3.93. The minimum atomic E-state index is 0.667. The van der Waals surface area contributed by atoms with Gasteiger partial charge in [0.2, 0.25) is 0 Å². The van der Waals surface area contributed by atoms with Crippen LogP contribution in [-0.2, 0) is 0 Å². The van der Waals surface area contributed by atoms with E-state index in [4.69, 9.17) is 1.37 Å². The summed E-state index contributed by atoms with van der Waals surface area (Å²) in [7, 11) is 0. The molecule has 0 spiro atoms. The van der Waals surface area contributed by atoms with Crippen LogP contribution in [0.5, 0.6) is 0 Å². The predicted molar refractivity (Wildman–Crippen MR) is 32.2 cm³/mol. The molecule has 1 rings (SSSR count). The Labute approximate surface area is 47.3 Å². The third-order valence-corrected chi connectivity index (χ3v) is 1.72. The molecule has 0 amide bonds. The Bertz CT molecular complexity index is 55.4. The summed E-state index contributed by atoms with van der Waals surface area (Å²) in [6.45, 7) is 0.667. The topological polar surface area (TPSA) is 0 Å². The molecule has 1 saturated carbocycles. The van der Waals surface area contributed by atoms with Crippen molar-refractivity contribution >= 4 is 0 Å². The summed E-state index contributed by atoms with van der Waals surface area (Å²) in [5.74, 6) is 0.753. The second-order valence-corrected chi connectivity index (χ2v) is 2.50. The second kappa shape index (κ2) is 2.34. The fraction of sp³-hybridized carbons (Fsp3) is 1.00. The van der Waals surface area contributed by atoms with Crippen molar-refractivity contribution in [2.75, 3.05) is 0 Å². The van der Waals surface area contributed by atoms with E-state index < -0.39 is 0 Å². The van der Waals surface area contributed by atoms with E-state index in [1.807, 2.05) is 0 Å². The molecule has 1 aliphatic carbocycles. The molecule has 1 aliphatic rings. The lowest BCUT2D eigenvalue weighted by Gasteiger charge is -2.15. The van der Waals surface area contributed by atoms with E-state index in [2.05, 4.69) is 0 Å². The van der Waals surface area contributed by atoms with Gasteiger partial charge in [-0.2, -0.15) is 0 Å². The largest absolute Gasteiger partial charge is 0.0625 e. The van der Waals surface area contributed by atoms with Crippen molar-refractivity contribution in [3.8, 4) is 0 Å². The first-order valence-electron chi connectivity index (χ1n) is 3.93. The van der Waals surface area contributed by atoms with Crippen molar-refractivity contribution in [3.63, 3.8) is 0 Å². The standard InChI is InChI=1S/C7H14/c1-7-5-3-2-4-6-7/h7H,2-6H2,1H3/i1D. The summed E-state index contributed by atoms with van der Waals surface area (Å²) in [5, 5.41) is 0. The average Bonchev–Trinajstić information content (AvgIpc) is 1.90. The molecule has 0 aliphatic heterocycles. The molecule has 0 radical (unpaired) electrons. The highest BCUT2D eigenvalue weighted by atomic mass is 14.1. The Balaban J connectivity index is 2.13. The molecule has 7 heavy (non-hydrogen) atoms. The summed E-state index contributed by atoms with van der Waals surface area (Å²) in [5.41, 5.74) is 0. The van der Waals surface area contributed by atoms with Crippen LogP contribution in [0.25, 0.3) is 0 Å². The minimum absolute atomic E-state index is 0.667. The quantitative estimate of drug-likeness (QED) is 0.438. The van der Waals surface area contributed by atoms with Gasteiger partial charge in [-0.15, -0.1) is 0 Å². The van der Waals surface area contributed by atoms with Crippen molar-refractivity contribution in [2.45, 2.75) is 39.0 Å². The monoisotopic (exact) mass is 99.1 g/mol. The van der Waals surface area contributed by atoms with E-state index in [-0.39, 0.29) is 0 Å². The van der Waals surface area contributed by atoms with Crippen LogP contribution in [0.15, 0.2) is 0 Å². The zero-order valence-corrected chi connectivity index (χ0v) is 4.82. The van der Waals surface area contributed by atoms with E-state index in [0.29, 0.717) is 6.90 Å². The second-order valence-electron chi connectivity index (χ2n) is 2.50. The molecular weight excluding hydrogens is 84.1 g/mol. The molecule has 0 heteroatoms. The molecule has 0 saturated heterocycles. The SMILES string of the molecule is [2H]CC1CCCCC1. The molecule has 0 unspecified atom stereocenters. The molecule has 0 aromatic heterocycles. The number of hydrogen-bond donors (Lipinski definition) is 0. The summed E-state index contributed by atoms with van der Waals surface area (Å²) >= 11 is 0. The molecule has 1 fully saturated rings. The average molecular weight is 99.2 g/mol. The Kier molecular flexibility index (Phi) is 1.32. The van der Waals surface area contributed by atoms with Crippen LogP contribution in [-0.4, -0.2) is 0 Å². The van der Waals surface area contributed by atoms with E-state index in [1.54, 1.807) is 0 Å². The third-order valence-electron chi connectivity index (χ3n) is 1.72. The van der Waals surface area contributed by atoms with E-state index in [1.165, 1.54) is 32.1 Å². The zero-order chi connectivity index (χ0) is 5.82. The summed E-state index contributed by atoms with van der Waals surface area (Å²) < 4.78 is 7.10. The maximum Gasteiger partial charge on any atom is 0.0233 e. The molecule has 0 aromatic rings.